The van der Waals surface area contributed by atoms with E-state index < -0.39 is 5.82 Å². The number of carbonyl (C=O) groups excluding carboxylic acids is 1. The predicted molar refractivity (Wildman–Crippen MR) is 87.7 cm³/mol. The molecule has 0 aliphatic rings. The van der Waals surface area contributed by atoms with E-state index in [1.807, 2.05) is 12.1 Å². The highest BCUT2D eigenvalue weighted by Crippen LogP contribution is 2.20. The number of hydrogen-bond donors (Lipinski definition) is 1. The molecule has 0 fully saturated rings. The molecule has 2 rings (SSSR count). The zero-order valence-corrected chi connectivity index (χ0v) is 13.2. The molecule has 110 valence electrons. The first-order valence-corrected chi connectivity index (χ1v) is 8.03. The van der Waals surface area contributed by atoms with Gasteiger partial charge in [0, 0.05) is 15.8 Å². The standard InChI is InChI=1S/C15H12Cl2FNOS/c16-11-3-1-10(2-4-11)8-21-9-15(20)19-14-7-12(17)5-6-13(14)18/h1-7H,8-9H2,(H,19,20). The Kier molecular flexibility index (Phi) is 5.91. The first kappa shape index (κ1) is 16.1. The Morgan fingerprint density at radius 3 is 2.48 bits per heavy atom. The lowest BCUT2D eigenvalue weighted by Crippen LogP contribution is -2.15. The lowest BCUT2D eigenvalue weighted by molar-refractivity contribution is -0.113. The molecule has 6 heteroatoms. The summed E-state index contributed by atoms with van der Waals surface area (Å²) in [5.41, 5.74) is 1.17. The van der Waals surface area contributed by atoms with Crippen molar-refractivity contribution >= 4 is 46.6 Å². The first-order chi connectivity index (χ1) is 10.0. The van der Waals surface area contributed by atoms with Gasteiger partial charge in [-0.2, -0.15) is 0 Å². The number of halogens is 3. The van der Waals surface area contributed by atoms with Gasteiger partial charge in [0.2, 0.25) is 5.91 Å². The van der Waals surface area contributed by atoms with Crippen LogP contribution < -0.4 is 5.32 Å². The maximum Gasteiger partial charge on any atom is 0.234 e. The molecule has 0 unspecified atom stereocenters. The number of amides is 1. The summed E-state index contributed by atoms with van der Waals surface area (Å²) in [5.74, 6) is 0.141. The second-order valence-electron chi connectivity index (χ2n) is 4.29. The maximum absolute atomic E-state index is 13.5. The van der Waals surface area contributed by atoms with Crippen LogP contribution in [0, 0.1) is 5.82 Å². The van der Waals surface area contributed by atoms with Crippen molar-refractivity contribution in [3.8, 4) is 0 Å². The summed E-state index contributed by atoms with van der Waals surface area (Å²) in [6.45, 7) is 0. The van der Waals surface area contributed by atoms with E-state index in [-0.39, 0.29) is 17.3 Å². The van der Waals surface area contributed by atoms with Gasteiger partial charge in [-0.25, -0.2) is 4.39 Å². The summed E-state index contributed by atoms with van der Waals surface area (Å²) >= 11 is 13.0. The highest BCUT2D eigenvalue weighted by Gasteiger charge is 2.08. The van der Waals surface area contributed by atoms with Gasteiger partial charge in [-0.1, -0.05) is 35.3 Å². The van der Waals surface area contributed by atoms with Crippen molar-refractivity contribution in [1.82, 2.24) is 0 Å². The topological polar surface area (TPSA) is 29.1 Å². The summed E-state index contributed by atoms with van der Waals surface area (Å²) in [7, 11) is 0. The Hall–Kier alpha value is -1.23. The van der Waals surface area contributed by atoms with Crippen LogP contribution in [0.25, 0.3) is 0 Å². The van der Waals surface area contributed by atoms with Crippen molar-refractivity contribution in [3.05, 3.63) is 63.9 Å². The molecule has 0 aromatic heterocycles. The number of hydrogen-bond acceptors (Lipinski definition) is 2. The molecule has 1 amide bonds. The molecule has 0 heterocycles. The van der Waals surface area contributed by atoms with Crippen LogP contribution >= 0.6 is 35.0 Å². The van der Waals surface area contributed by atoms with E-state index >= 15 is 0 Å². The summed E-state index contributed by atoms with van der Waals surface area (Å²) in [6, 6.07) is 11.5. The van der Waals surface area contributed by atoms with Crippen molar-refractivity contribution < 1.29 is 9.18 Å². The Labute approximate surface area is 136 Å². The van der Waals surface area contributed by atoms with Crippen molar-refractivity contribution in [2.45, 2.75) is 5.75 Å². The highest BCUT2D eigenvalue weighted by atomic mass is 35.5. The van der Waals surface area contributed by atoms with Crippen LogP contribution in [0.2, 0.25) is 10.0 Å². The predicted octanol–water partition coefficient (Wildman–Crippen LogP) is 5.00. The molecule has 0 aliphatic carbocycles. The molecule has 21 heavy (non-hydrogen) atoms. The smallest absolute Gasteiger partial charge is 0.234 e. The molecule has 2 aromatic rings. The average Bonchev–Trinajstić information content (AvgIpc) is 2.45. The van der Waals surface area contributed by atoms with E-state index in [1.165, 1.54) is 30.0 Å². The van der Waals surface area contributed by atoms with E-state index in [9.17, 15) is 9.18 Å². The fourth-order valence-corrected chi connectivity index (χ4v) is 2.71. The third-order valence-corrected chi connectivity index (χ3v) is 4.11. The molecule has 0 saturated carbocycles. The number of carbonyl (C=O) groups is 1. The van der Waals surface area contributed by atoms with Crippen LogP contribution in [0.3, 0.4) is 0 Å². The second-order valence-corrected chi connectivity index (χ2v) is 6.15. The van der Waals surface area contributed by atoms with Gasteiger partial charge in [-0.15, -0.1) is 11.8 Å². The minimum atomic E-state index is -0.504. The molecular weight excluding hydrogens is 332 g/mol. The van der Waals surface area contributed by atoms with Gasteiger partial charge in [0.15, 0.2) is 0 Å². The van der Waals surface area contributed by atoms with E-state index in [1.54, 1.807) is 12.1 Å². The number of anilines is 1. The summed E-state index contributed by atoms with van der Waals surface area (Å²) in [6.07, 6.45) is 0. The second kappa shape index (κ2) is 7.69. The van der Waals surface area contributed by atoms with Crippen LogP contribution in [-0.2, 0) is 10.5 Å². The van der Waals surface area contributed by atoms with E-state index in [0.29, 0.717) is 15.8 Å². The lowest BCUT2D eigenvalue weighted by Gasteiger charge is -2.07. The van der Waals surface area contributed by atoms with Gasteiger partial charge < -0.3 is 5.32 Å². The monoisotopic (exact) mass is 343 g/mol. The number of thioether (sulfide) groups is 1. The molecule has 1 N–H and O–H groups in total. The minimum Gasteiger partial charge on any atom is -0.323 e. The van der Waals surface area contributed by atoms with Crippen molar-refractivity contribution in [2.24, 2.45) is 0 Å². The Balaban J connectivity index is 1.82. The maximum atomic E-state index is 13.5. The average molecular weight is 344 g/mol. The SMILES string of the molecule is O=C(CSCc1ccc(Cl)cc1)Nc1cc(Cl)ccc1F. The van der Waals surface area contributed by atoms with Gasteiger partial charge in [0.25, 0.3) is 0 Å². The summed E-state index contributed by atoms with van der Waals surface area (Å²) in [5, 5.41) is 3.56. The van der Waals surface area contributed by atoms with Crippen LogP contribution in [0.1, 0.15) is 5.56 Å². The molecule has 0 radical (unpaired) electrons. The van der Waals surface area contributed by atoms with E-state index in [2.05, 4.69) is 5.32 Å². The third kappa shape index (κ3) is 5.23. The highest BCUT2D eigenvalue weighted by molar-refractivity contribution is 7.99. The lowest BCUT2D eigenvalue weighted by atomic mass is 10.2. The quantitative estimate of drug-likeness (QED) is 0.827. The fraction of sp³-hybridized carbons (Fsp3) is 0.133. The van der Waals surface area contributed by atoms with Crippen molar-refractivity contribution in [2.75, 3.05) is 11.1 Å². The molecule has 0 saturated heterocycles. The Morgan fingerprint density at radius 1 is 1.10 bits per heavy atom. The largest absolute Gasteiger partial charge is 0.323 e. The van der Waals surface area contributed by atoms with Gasteiger partial charge in [-0.05, 0) is 35.9 Å². The summed E-state index contributed by atoms with van der Waals surface area (Å²) in [4.78, 5) is 11.8. The van der Waals surface area contributed by atoms with Crippen LogP contribution in [0.5, 0.6) is 0 Å². The van der Waals surface area contributed by atoms with E-state index in [4.69, 9.17) is 23.2 Å². The molecule has 0 spiro atoms. The zero-order valence-electron chi connectivity index (χ0n) is 10.9. The number of benzene rings is 2. The Morgan fingerprint density at radius 2 is 1.76 bits per heavy atom. The molecule has 2 nitrogen and oxygen atoms in total. The molecule has 0 atom stereocenters. The van der Waals surface area contributed by atoms with Gasteiger partial charge in [0.05, 0.1) is 11.4 Å². The molecule has 0 aliphatic heterocycles. The first-order valence-electron chi connectivity index (χ1n) is 6.11. The number of rotatable bonds is 5. The van der Waals surface area contributed by atoms with E-state index in [0.717, 1.165) is 5.56 Å². The van der Waals surface area contributed by atoms with Crippen LogP contribution in [0.15, 0.2) is 42.5 Å². The van der Waals surface area contributed by atoms with Crippen LogP contribution in [0.4, 0.5) is 10.1 Å². The third-order valence-electron chi connectivity index (χ3n) is 2.62. The van der Waals surface area contributed by atoms with Crippen molar-refractivity contribution in [3.63, 3.8) is 0 Å². The molecular formula is C15H12Cl2FNOS. The van der Waals surface area contributed by atoms with Crippen LogP contribution in [-0.4, -0.2) is 11.7 Å². The van der Waals surface area contributed by atoms with Gasteiger partial charge >= 0.3 is 0 Å². The number of nitrogens with one attached hydrogen (secondary N) is 1. The van der Waals surface area contributed by atoms with Crippen molar-refractivity contribution in [1.29, 1.82) is 0 Å². The molecule has 2 aromatic carbocycles. The molecule has 0 bridgehead atoms. The normalized spacial score (nSPS) is 10.4. The minimum absolute atomic E-state index is 0.0968. The zero-order chi connectivity index (χ0) is 15.2. The fourth-order valence-electron chi connectivity index (χ4n) is 1.62. The summed E-state index contributed by atoms with van der Waals surface area (Å²) < 4.78 is 13.5. The Bertz CT molecular complexity index is 634. The van der Waals surface area contributed by atoms with Gasteiger partial charge in [0.1, 0.15) is 5.82 Å². The van der Waals surface area contributed by atoms with Gasteiger partial charge in [-0.3, -0.25) is 4.79 Å².